The zero-order valence-electron chi connectivity index (χ0n) is 98.7. The summed E-state index contributed by atoms with van der Waals surface area (Å²) in [6.45, 7) is 104. The van der Waals surface area contributed by atoms with Crippen LogP contribution in [0.3, 0.4) is 0 Å². The number of quaternary nitrogens is 2. The average molecular weight is 2350 g/mol. The van der Waals surface area contributed by atoms with Crippen LogP contribution in [-0.2, 0) is 88.0 Å². The number of carbonyl (C=O) groups is 4. The Balaban J connectivity index is 0.000000527. The molecule has 3 aromatic heterocycles. The number of ether oxygens (including phenoxy) is 2. The van der Waals surface area contributed by atoms with Crippen molar-refractivity contribution in [3.8, 4) is 0 Å². The smallest absolute Gasteiger partial charge is 0.147 e. The van der Waals surface area contributed by atoms with Gasteiger partial charge in [0.1, 0.15) is 35.7 Å². The number of hydrogen-bond acceptors (Lipinski definition) is 25. The number of likely N-dealkylation sites (N-methyl/N-ethyl adjacent to an activating group) is 5. The molecule has 2 unspecified atom stereocenters. The Morgan fingerprint density at radius 3 is 1.35 bits per heavy atom. The molecule has 4 amide bonds. The standard InChI is InChI=1S/2C9H16N4.C9H15N3.C9H19N2O.C9H21N2.C9H20N2.2C8H16N2O.C7H15NO2S.C7H13NO2.C7H15NO.C7H15NS.C3H3P.C3H7.C2H6.U.V/c1-7(2)12-4-5-13-8(3)10-11-9(13)6-12;1-7(2)12-4-5-13-9(6-12)10-8(3)11-13;1-8(2)12-6-5-11-4-3-10-9(11)7-12;1-8(2)10-5-6-11(3,4)7-9(10)12;1-9(2)10-5-7-11(3,4)8-6-10;1-8(2)11-6-5-10(4)9(3)7-11;1-7(2)10-5-4-9(3)8(11)6-10;1-7(2)10-5-4-9(3)6-8(10)11;1-7(2)8-3-5-11(9,10)6-4-8;1-6(2)8-3-4-10-5-7(8)9;2*1-7(2)8-3-5-9-6-4-8;1-3-4-2;1-3-2;1-2;;/h2*7H,4-6H2,1-3H3;3-4,8H,5-7H2,1-2H3;8H,5-7H2,1-4H3;9H,5-8H2,1-4H3;8-9H,5-7H2,1-4H3;2*7H,4-6H2,1-3H3;7H,3-6H2,1-2H3;6H,3-5H2,1-2H3;2*7H,3-6H2,1-2H3;2H3;3H,1-2H3;1-2H3;;/q;;;2*+1;;;;;;;;;-1;;;. The normalized spacial score (nSPS) is 21.4. The number of amides is 4. The van der Waals surface area contributed by atoms with Crippen LogP contribution in [0.2, 0.25) is 0 Å². The molecule has 38 heteroatoms. The zero-order valence-corrected chi connectivity index (χ0v) is 107. The average Bonchev–Trinajstić information content (AvgIpc) is 1.71. The van der Waals surface area contributed by atoms with Gasteiger partial charge < -0.3 is 58.5 Å². The van der Waals surface area contributed by atoms with E-state index in [0.717, 1.165) is 177 Å². The van der Waals surface area contributed by atoms with E-state index in [4.69, 9.17) is 9.47 Å². The zero-order chi connectivity index (χ0) is 109. The van der Waals surface area contributed by atoms with Crippen molar-refractivity contribution >= 4 is 58.6 Å². The molecule has 3 aromatic rings. The summed E-state index contributed by atoms with van der Waals surface area (Å²) in [4.78, 5) is 87.6. The molecule has 835 valence electrons. The summed E-state index contributed by atoms with van der Waals surface area (Å²) in [5.74, 6) is 9.59. The first-order chi connectivity index (χ1) is 67.5. The molecular formula is C106H213N25O8PS2UV+. The van der Waals surface area contributed by atoms with Crippen LogP contribution in [0.15, 0.2) is 12.4 Å². The first-order valence-electron chi connectivity index (χ1n) is 54.5. The number of imidazole rings is 1. The van der Waals surface area contributed by atoms with Crippen LogP contribution in [0, 0.1) is 43.1 Å². The number of fused-ring (bicyclic) bond motifs is 3. The van der Waals surface area contributed by atoms with Crippen LogP contribution >= 0.6 is 15.3 Å². The van der Waals surface area contributed by atoms with Crippen molar-refractivity contribution in [2.45, 2.75) is 332 Å². The quantitative estimate of drug-likeness (QED) is 0.0928. The van der Waals surface area contributed by atoms with Gasteiger partial charge in [-0.05, 0) is 201 Å². The fourth-order valence-electron chi connectivity index (χ4n) is 17.1. The number of aryl methyl sites for hydroxylation is 2. The Hall–Kier alpha value is -3.43. The largest absolute Gasteiger partial charge is 0.313 e. The fourth-order valence-corrected chi connectivity index (χ4v) is 39.8. The van der Waals surface area contributed by atoms with Crippen molar-refractivity contribution in [1.82, 2.24) is 113 Å². The van der Waals surface area contributed by atoms with E-state index in [0.29, 0.717) is 131 Å². The van der Waals surface area contributed by atoms with Gasteiger partial charge >= 0.3 is 53.1 Å². The van der Waals surface area contributed by atoms with Crippen LogP contribution in [0.4, 0.5) is 0 Å². The predicted molar refractivity (Wildman–Crippen MR) is 598 cm³/mol. The first-order valence-corrected chi connectivity index (χ1v) is 73.9. The molecule has 144 heavy (non-hydrogen) atoms. The van der Waals surface area contributed by atoms with E-state index >= 15 is 0 Å². The van der Waals surface area contributed by atoms with Gasteiger partial charge in [-0.3, -0.25) is 68.2 Å². The van der Waals surface area contributed by atoms with Gasteiger partial charge in [-0.2, -0.15) is 30.7 Å². The SMILES string of the molecule is CC.CC(C)N1CCN(C)C(=O)C1.CC(C)N1CCN(C)CC1=O.CC(C)N1CCOCC1.CC(C)N1CCOCC1=O.CC(C)N1CCS(=O)(=O)CC1.CC(C)N1CCSCC1.CC(C)N1CC[N+](C)(C)CC1.CC(C)N1CC[N+](C)(C)CC1=O.CC(C)N1CCn2ccnc2C1.CC1CN(C(C)C)CCN1C.C[CH-]C.C[P]1=C=[C]=[V]=[U]=1.Cc1nc2n(n1)CCN(C(C)C)C2.Cc1nnc2n1CCN(C(C)C)C2. The minimum atomic E-state index is -2.69. The Morgan fingerprint density at radius 1 is 0.465 bits per heavy atom. The maximum atomic E-state index is 11.6. The van der Waals surface area contributed by atoms with E-state index < -0.39 is 9.84 Å². The molecule has 0 radical (unpaired) electrons. The minimum absolute atomic E-state index is 0.112. The summed E-state index contributed by atoms with van der Waals surface area (Å²) >= 11 is 1.96. The van der Waals surface area contributed by atoms with Gasteiger partial charge in [-0.25, -0.2) is 23.1 Å². The summed E-state index contributed by atoms with van der Waals surface area (Å²) in [5.41, 5.74) is 3.27. The maximum absolute atomic E-state index is 11.6. The number of aromatic nitrogens is 8. The van der Waals surface area contributed by atoms with Crippen LogP contribution in [0.1, 0.15) is 230 Å². The Bertz CT molecular complexity index is 4310. The van der Waals surface area contributed by atoms with Crippen molar-refractivity contribution in [2.24, 2.45) is 0 Å². The Labute approximate surface area is 899 Å². The van der Waals surface area contributed by atoms with Gasteiger partial charge in [0.05, 0.1) is 125 Å². The minimum Gasteiger partial charge on any atom is -0.313 e. The van der Waals surface area contributed by atoms with E-state index in [1.54, 1.807) is 4.90 Å². The van der Waals surface area contributed by atoms with Crippen molar-refractivity contribution in [1.29, 1.82) is 0 Å². The molecule has 0 saturated carbocycles. The second kappa shape index (κ2) is 72.3. The summed E-state index contributed by atoms with van der Waals surface area (Å²) < 4.78 is 44.3. The number of carbonyl (C=O) groups excluding carboxylic acids is 4. The molecule has 2 atom stereocenters. The first kappa shape index (κ1) is 137. The van der Waals surface area contributed by atoms with E-state index in [2.05, 4.69) is 317 Å². The second-order valence-electron chi connectivity index (χ2n) is 44.1. The van der Waals surface area contributed by atoms with Crippen LogP contribution in [0.25, 0.3) is 0 Å². The number of rotatable bonds is 12. The van der Waals surface area contributed by atoms with Crippen molar-refractivity contribution in [3.05, 3.63) is 47.9 Å². The molecule has 33 nitrogen and oxygen atoms in total. The van der Waals surface area contributed by atoms with Gasteiger partial charge in [0.25, 0.3) is 5.91 Å². The fraction of sp³-hybridized carbons (Fsp3) is 0.868. The van der Waals surface area contributed by atoms with Crippen LogP contribution in [0.5, 0.6) is 0 Å². The predicted octanol–water partition coefficient (Wildman–Crippen LogP) is 10.5. The Morgan fingerprint density at radius 2 is 0.910 bits per heavy atom. The van der Waals surface area contributed by atoms with Gasteiger partial charge in [-0.15, -0.1) is 10.2 Å². The molecule has 9 fully saturated rings. The maximum Gasteiger partial charge on any atom is 0.147 e. The second-order valence-corrected chi connectivity index (χ2v) is 73.4. The van der Waals surface area contributed by atoms with Gasteiger partial charge in [0.2, 0.25) is 17.7 Å². The van der Waals surface area contributed by atoms with Gasteiger partial charge in [0.15, 0.2) is 16.4 Å². The van der Waals surface area contributed by atoms with Crippen LogP contribution < -0.4 is 0 Å². The molecule has 0 spiro atoms. The third-order valence-corrected chi connectivity index (χ3v) is 57.5. The van der Waals surface area contributed by atoms with Crippen molar-refractivity contribution in [2.75, 3.05) is 276 Å². The molecule has 13 aliphatic rings. The number of piperazine rings is 5. The third-order valence-electron chi connectivity index (χ3n) is 27.7. The molecule has 0 aromatic carbocycles. The molecule has 0 bridgehead atoms. The van der Waals surface area contributed by atoms with Gasteiger partial charge in [-0.1, -0.05) is 13.8 Å². The van der Waals surface area contributed by atoms with E-state index in [1.165, 1.54) is 80.7 Å². The number of morpholine rings is 2. The monoisotopic (exact) mass is 2350 g/mol. The number of nitrogens with zero attached hydrogens (tertiary/aromatic N) is 25. The number of sulfone groups is 1. The van der Waals surface area contributed by atoms with E-state index in [-0.39, 0.29) is 47.1 Å². The van der Waals surface area contributed by atoms with Crippen LogP contribution in [-0.4, -0.2) is 518 Å². The number of thioether (sulfide) groups is 1. The molecule has 13 aliphatic heterocycles. The van der Waals surface area contributed by atoms with Crippen molar-refractivity contribution < 1.29 is 79.1 Å². The van der Waals surface area contributed by atoms with Crippen molar-refractivity contribution in [3.63, 3.8) is 0 Å². The van der Waals surface area contributed by atoms with E-state index in [1.807, 2.05) is 101 Å². The molecule has 0 aliphatic carbocycles. The molecule has 9 saturated heterocycles. The number of hydrogen-bond donors (Lipinski definition) is 0. The summed E-state index contributed by atoms with van der Waals surface area (Å²) in [5, 5.41) is 12.6. The molecule has 16 heterocycles. The van der Waals surface area contributed by atoms with E-state index in [9.17, 15) is 27.6 Å². The molecular weight excluding hydrogens is 2140 g/mol. The molecule has 16 rings (SSSR count). The summed E-state index contributed by atoms with van der Waals surface area (Å²) in [6.07, 6.45) is 5.95. The van der Waals surface area contributed by atoms with Gasteiger partial charge in [0, 0.05) is 247 Å². The Kier molecular flexibility index (Phi) is 68.6. The third kappa shape index (κ3) is 54.9. The summed E-state index contributed by atoms with van der Waals surface area (Å²) in [7, 11) is 12.9. The molecule has 0 N–H and O–H groups in total. The summed E-state index contributed by atoms with van der Waals surface area (Å²) in [6, 6.07) is 7.46. The topological polar surface area (TPSA) is 249 Å².